The molecule has 0 spiro atoms. The molecule has 1 aliphatic rings. The molecule has 0 aromatic heterocycles. The van der Waals surface area contributed by atoms with Gasteiger partial charge in [0.2, 0.25) is 10.0 Å². The van der Waals surface area contributed by atoms with E-state index >= 15 is 0 Å². The number of nitrogens with zero attached hydrogens (tertiary/aromatic N) is 1. The molecule has 124 valence electrons. The highest BCUT2D eigenvalue weighted by molar-refractivity contribution is 7.89. The number of nitrogens with one attached hydrogen (secondary N) is 1. The van der Waals surface area contributed by atoms with E-state index in [-0.39, 0.29) is 12.1 Å². The molecule has 2 rings (SSSR count). The van der Waals surface area contributed by atoms with Gasteiger partial charge in [-0.25, -0.2) is 12.7 Å². The first-order valence-corrected chi connectivity index (χ1v) is 9.21. The average Bonchev–Trinajstić information content (AvgIpc) is 2.49. The Labute approximate surface area is 133 Å². The highest BCUT2D eigenvalue weighted by atomic mass is 32.2. The molecule has 1 aliphatic carbocycles. The van der Waals surface area contributed by atoms with Crippen LogP contribution in [0.1, 0.15) is 44.2 Å². The maximum atomic E-state index is 12.2. The topological polar surface area (TPSA) is 69.6 Å². The largest absolute Gasteiger partial charge is 0.393 e. The predicted octanol–water partition coefficient (Wildman–Crippen LogP) is 1.89. The summed E-state index contributed by atoms with van der Waals surface area (Å²) in [7, 11) is -0.323. The molecule has 1 unspecified atom stereocenters. The van der Waals surface area contributed by atoms with Crippen LogP contribution in [0.3, 0.4) is 0 Å². The minimum Gasteiger partial charge on any atom is -0.393 e. The van der Waals surface area contributed by atoms with E-state index in [0.29, 0.717) is 10.9 Å². The first-order valence-electron chi connectivity index (χ1n) is 7.77. The second kappa shape index (κ2) is 7.08. The monoisotopic (exact) mass is 326 g/mol. The molecular weight excluding hydrogens is 300 g/mol. The summed E-state index contributed by atoms with van der Waals surface area (Å²) in [6.07, 6.45) is 3.42. The minimum atomic E-state index is -3.40. The van der Waals surface area contributed by atoms with E-state index in [0.717, 1.165) is 31.2 Å². The van der Waals surface area contributed by atoms with Crippen LogP contribution in [0, 0.1) is 0 Å². The van der Waals surface area contributed by atoms with Crippen molar-refractivity contribution in [2.75, 3.05) is 14.1 Å². The van der Waals surface area contributed by atoms with Crippen molar-refractivity contribution >= 4 is 10.0 Å². The van der Waals surface area contributed by atoms with Crippen LogP contribution >= 0.6 is 0 Å². The quantitative estimate of drug-likeness (QED) is 0.867. The fourth-order valence-electron chi connectivity index (χ4n) is 2.85. The Morgan fingerprint density at radius 1 is 1.23 bits per heavy atom. The maximum Gasteiger partial charge on any atom is 0.242 e. The first kappa shape index (κ1) is 17.4. The molecule has 22 heavy (non-hydrogen) atoms. The molecular formula is C16H26N2O3S. The fourth-order valence-corrected chi connectivity index (χ4v) is 3.80. The molecule has 0 aliphatic heterocycles. The average molecular weight is 326 g/mol. The second-order valence-electron chi connectivity index (χ2n) is 6.25. The molecule has 1 atom stereocenters. The van der Waals surface area contributed by atoms with Crippen LogP contribution in [0.2, 0.25) is 0 Å². The van der Waals surface area contributed by atoms with Gasteiger partial charge in [0.25, 0.3) is 0 Å². The summed E-state index contributed by atoms with van der Waals surface area (Å²) in [4.78, 5) is 0.322. The Balaban J connectivity index is 2.09. The highest BCUT2D eigenvalue weighted by Crippen LogP contribution is 2.23. The van der Waals surface area contributed by atoms with E-state index in [2.05, 4.69) is 5.32 Å². The van der Waals surface area contributed by atoms with Gasteiger partial charge in [0, 0.05) is 26.2 Å². The van der Waals surface area contributed by atoms with Gasteiger partial charge in [0.15, 0.2) is 0 Å². The van der Waals surface area contributed by atoms with Gasteiger partial charge in [-0.1, -0.05) is 12.1 Å². The van der Waals surface area contributed by atoms with Crippen LogP contribution in [-0.4, -0.2) is 44.1 Å². The van der Waals surface area contributed by atoms with Gasteiger partial charge in [-0.2, -0.15) is 0 Å². The summed E-state index contributed by atoms with van der Waals surface area (Å²) in [6.45, 7) is 2.05. The number of hydrogen-bond acceptors (Lipinski definition) is 4. The number of rotatable bonds is 5. The van der Waals surface area contributed by atoms with Crippen molar-refractivity contribution in [3.8, 4) is 0 Å². The molecule has 1 aromatic rings. The van der Waals surface area contributed by atoms with Gasteiger partial charge in [0.05, 0.1) is 11.0 Å². The van der Waals surface area contributed by atoms with Crippen LogP contribution in [0.4, 0.5) is 0 Å². The smallest absolute Gasteiger partial charge is 0.242 e. The van der Waals surface area contributed by atoms with Crippen LogP contribution < -0.4 is 5.32 Å². The Bertz CT molecular complexity index is 593. The van der Waals surface area contributed by atoms with Gasteiger partial charge in [0.1, 0.15) is 0 Å². The van der Waals surface area contributed by atoms with Crippen LogP contribution in [-0.2, 0) is 10.0 Å². The third-order valence-electron chi connectivity index (χ3n) is 4.32. The molecule has 1 fully saturated rings. The van der Waals surface area contributed by atoms with Gasteiger partial charge in [-0.05, 0) is 50.3 Å². The van der Waals surface area contributed by atoms with Crippen molar-refractivity contribution in [3.05, 3.63) is 29.8 Å². The number of sulfonamides is 1. The fraction of sp³-hybridized carbons (Fsp3) is 0.625. The Morgan fingerprint density at radius 2 is 1.86 bits per heavy atom. The third-order valence-corrected chi connectivity index (χ3v) is 6.13. The van der Waals surface area contributed by atoms with Crippen molar-refractivity contribution < 1.29 is 13.5 Å². The molecule has 6 heteroatoms. The van der Waals surface area contributed by atoms with Gasteiger partial charge in [-0.15, -0.1) is 0 Å². The molecule has 2 N–H and O–H groups in total. The van der Waals surface area contributed by atoms with E-state index in [9.17, 15) is 13.5 Å². The summed E-state index contributed by atoms with van der Waals surface area (Å²) < 4.78 is 25.7. The molecule has 1 aromatic carbocycles. The lowest BCUT2D eigenvalue weighted by Crippen LogP contribution is -2.36. The van der Waals surface area contributed by atoms with Crippen molar-refractivity contribution in [2.45, 2.75) is 55.7 Å². The van der Waals surface area contributed by atoms with Gasteiger partial charge >= 0.3 is 0 Å². The molecule has 0 amide bonds. The summed E-state index contributed by atoms with van der Waals surface area (Å²) in [5, 5.41) is 13.1. The number of hydrogen-bond donors (Lipinski definition) is 2. The zero-order chi connectivity index (χ0) is 16.3. The zero-order valence-electron chi connectivity index (χ0n) is 13.5. The molecule has 0 heterocycles. The SMILES string of the molecule is CC(NC1CCC(O)CC1)c1cccc(S(=O)(=O)N(C)C)c1. The molecule has 5 nitrogen and oxygen atoms in total. The van der Waals surface area contributed by atoms with E-state index in [4.69, 9.17) is 0 Å². The lowest BCUT2D eigenvalue weighted by Gasteiger charge is -2.29. The highest BCUT2D eigenvalue weighted by Gasteiger charge is 2.22. The van der Waals surface area contributed by atoms with E-state index in [1.54, 1.807) is 18.2 Å². The Hall–Kier alpha value is -0.950. The van der Waals surface area contributed by atoms with E-state index in [1.165, 1.54) is 18.4 Å². The summed E-state index contributed by atoms with van der Waals surface area (Å²) >= 11 is 0. The second-order valence-corrected chi connectivity index (χ2v) is 8.41. The molecule has 1 saturated carbocycles. The maximum absolute atomic E-state index is 12.2. The van der Waals surface area contributed by atoms with Crippen molar-refractivity contribution in [2.24, 2.45) is 0 Å². The molecule has 0 bridgehead atoms. The standard InChI is InChI=1S/C16H26N2O3S/c1-12(17-14-7-9-15(19)10-8-14)13-5-4-6-16(11-13)22(20,21)18(2)3/h4-6,11-12,14-15,17,19H,7-10H2,1-3H3. The van der Waals surface area contributed by atoms with Crippen molar-refractivity contribution in [1.29, 1.82) is 0 Å². The van der Waals surface area contributed by atoms with Gasteiger partial charge < -0.3 is 10.4 Å². The number of aliphatic hydroxyl groups excluding tert-OH is 1. The van der Waals surface area contributed by atoms with Crippen LogP contribution in [0.15, 0.2) is 29.2 Å². The normalized spacial score (nSPS) is 24.4. The molecule has 0 saturated heterocycles. The van der Waals surface area contributed by atoms with Crippen LogP contribution in [0.25, 0.3) is 0 Å². The lowest BCUT2D eigenvalue weighted by molar-refractivity contribution is 0.114. The number of benzene rings is 1. The minimum absolute atomic E-state index is 0.0811. The zero-order valence-corrected chi connectivity index (χ0v) is 14.3. The van der Waals surface area contributed by atoms with Crippen LogP contribution in [0.5, 0.6) is 0 Å². The van der Waals surface area contributed by atoms with E-state index < -0.39 is 10.0 Å². The third kappa shape index (κ3) is 4.07. The summed E-state index contributed by atoms with van der Waals surface area (Å²) in [5.41, 5.74) is 0.967. The Morgan fingerprint density at radius 3 is 2.45 bits per heavy atom. The first-order chi connectivity index (χ1) is 10.3. The Kier molecular flexibility index (Phi) is 5.60. The number of aliphatic hydroxyl groups is 1. The molecule has 0 radical (unpaired) electrons. The lowest BCUT2D eigenvalue weighted by atomic mass is 9.92. The summed E-state index contributed by atoms with van der Waals surface area (Å²) in [5.74, 6) is 0. The van der Waals surface area contributed by atoms with Crippen molar-refractivity contribution in [1.82, 2.24) is 9.62 Å². The summed E-state index contributed by atoms with van der Waals surface area (Å²) in [6, 6.07) is 7.57. The van der Waals surface area contributed by atoms with E-state index in [1.807, 2.05) is 13.0 Å². The van der Waals surface area contributed by atoms with Crippen molar-refractivity contribution in [3.63, 3.8) is 0 Å². The predicted molar refractivity (Wildman–Crippen MR) is 87.1 cm³/mol. The van der Waals surface area contributed by atoms with Gasteiger partial charge in [-0.3, -0.25) is 0 Å².